The number of nitrogens with zero attached hydrogens (tertiary/aromatic N) is 3. The van der Waals surface area contributed by atoms with E-state index in [-0.39, 0.29) is 27.9 Å². The molecule has 4 rings (SSSR count). The number of hydrogen-bond donors (Lipinski definition) is 1. The molecule has 5 heteroatoms. The maximum absolute atomic E-state index is 5.46. The van der Waals surface area contributed by atoms with E-state index in [2.05, 4.69) is 150 Å². The van der Waals surface area contributed by atoms with E-state index in [1.54, 1.807) is 0 Å². The molecule has 0 unspecified atom stereocenters. The van der Waals surface area contributed by atoms with Crippen LogP contribution in [0.5, 0.6) is 0 Å². The monoisotopic (exact) mass is 740 g/mol. The summed E-state index contributed by atoms with van der Waals surface area (Å²) in [5.41, 5.74) is 18.5. The van der Waals surface area contributed by atoms with Gasteiger partial charge < -0.3 is 16.2 Å². The molecule has 0 saturated carbocycles. The van der Waals surface area contributed by atoms with Gasteiger partial charge in [0.15, 0.2) is 0 Å². The number of aliphatic imine (C=N–C) groups is 1. The Balaban J connectivity index is 0.000000517. The van der Waals surface area contributed by atoms with E-state index in [9.17, 15) is 0 Å². The third-order valence-electron chi connectivity index (χ3n) is 8.80. The van der Waals surface area contributed by atoms with Crippen LogP contribution in [0.4, 0.5) is 22.7 Å². The number of para-hydroxylation sites is 4. The molecule has 52 heavy (non-hydrogen) atoms. The molecule has 0 aliphatic carbocycles. The molecule has 0 fully saturated rings. The maximum Gasteiger partial charge on any atom is 2.00 e. The van der Waals surface area contributed by atoms with E-state index in [1.807, 2.05) is 60.7 Å². The van der Waals surface area contributed by atoms with Gasteiger partial charge in [0.25, 0.3) is 0 Å². The van der Waals surface area contributed by atoms with Crippen LogP contribution in [0.25, 0.3) is 10.7 Å². The van der Waals surface area contributed by atoms with Gasteiger partial charge in [0.2, 0.25) is 0 Å². The van der Waals surface area contributed by atoms with Crippen LogP contribution in [0.15, 0.2) is 114 Å². The molecule has 0 amide bonds. The van der Waals surface area contributed by atoms with Gasteiger partial charge in [-0.3, -0.25) is 4.99 Å². The molecular weight excluding hydrogens is 676 g/mol. The first-order valence-electron chi connectivity index (χ1n) is 18.8. The quantitative estimate of drug-likeness (QED) is 0.0929. The number of nitrogens with one attached hydrogen (secondary N) is 1. The van der Waals surface area contributed by atoms with Crippen molar-refractivity contribution in [2.75, 3.05) is 5.43 Å². The van der Waals surface area contributed by atoms with Crippen LogP contribution in [0, 0.1) is 10.8 Å². The molecule has 0 aliphatic heterocycles. The summed E-state index contributed by atoms with van der Waals surface area (Å²) in [4.78, 5) is 5.46. The Hall–Kier alpha value is -3.79. The van der Waals surface area contributed by atoms with Crippen LogP contribution in [-0.2, 0) is 17.1 Å². The molecule has 4 aromatic carbocycles. The third kappa shape index (κ3) is 13.0. The van der Waals surface area contributed by atoms with Crippen molar-refractivity contribution in [1.29, 1.82) is 0 Å². The zero-order valence-electron chi connectivity index (χ0n) is 34.3. The van der Waals surface area contributed by atoms with Crippen molar-refractivity contribution in [3.05, 3.63) is 142 Å². The minimum absolute atomic E-state index is 0. The average Bonchev–Trinajstić information content (AvgIpc) is 3.06. The van der Waals surface area contributed by atoms with Crippen molar-refractivity contribution in [3.63, 3.8) is 0 Å². The number of rotatable bonds is 11. The first kappa shape index (κ1) is 44.4. The maximum atomic E-state index is 5.46. The fourth-order valence-electron chi connectivity index (χ4n) is 5.63. The van der Waals surface area contributed by atoms with Gasteiger partial charge in [-0.15, -0.1) is 11.4 Å². The van der Waals surface area contributed by atoms with Crippen LogP contribution in [0.2, 0.25) is 0 Å². The molecular formula is C47H64FeN4. The van der Waals surface area contributed by atoms with Gasteiger partial charge in [-0.2, -0.15) is 5.70 Å². The largest absolute Gasteiger partial charge is 2.00 e. The van der Waals surface area contributed by atoms with Gasteiger partial charge >= 0.3 is 17.1 Å². The molecule has 0 spiro atoms. The van der Waals surface area contributed by atoms with Gasteiger partial charge in [0.1, 0.15) is 0 Å². The Morgan fingerprint density at radius 2 is 0.981 bits per heavy atom. The van der Waals surface area contributed by atoms with Gasteiger partial charge in [0, 0.05) is 16.8 Å². The predicted molar refractivity (Wildman–Crippen MR) is 226 cm³/mol. The van der Waals surface area contributed by atoms with Crippen LogP contribution in [0.3, 0.4) is 0 Å². The van der Waals surface area contributed by atoms with Crippen molar-refractivity contribution in [2.45, 2.75) is 121 Å². The molecule has 4 nitrogen and oxygen atoms in total. The molecule has 1 N–H and O–H groups in total. The topological polar surface area (TPSA) is 52.6 Å². The Labute approximate surface area is 327 Å². The predicted octanol–water partition coefficient (Wildman–Crippen LogP) is 15.7. The standard InChI is InChI=1S/C35H53N2.C12H11N2.Fe/c1-22(2)26-17-15-18-27(23(3)4)32(26)36-30(34(9,10)11)21-31(35(12,13)14)37-33-28(24(5)6)19-16-20-29(33)25(7)8;1-3-7-11(8-4-1)13-14-12-9-5-2-6-10-12;/h15-25H,1-14H3;1-10,13H;/q2*-1;+2/b30-21-,37-31?;;. The minimum atomic E-state index is -0.136. The second-order valence-corrected chi connectivity index (χ2v) is 16.8. The Bertz CT molecular complexity index is 1630. The van der Waals surface area contributed by atoms with E-state index >= 15 is 0 Å². The number of benzene rings is 4. The fourth-order valence-corrected chi connectivity index (χ4v) is 5.63. The van der Waals surface area contributed by atoms with E-state index < -0.39 is 0 Å². The summed E-state index contributed by atoms with van der Waals surface area (Å²) in [5, 5.41) is 5.46. The van der Waals surface area contributed by atoms with E-state index in [0.29, 0.717) is 23.7 Å². The fraction of sp³-hybridized carbons (Fsp3) is 0.426. The summed E-state index contributed by atoms with van der Waals surface area (Å²) < 4.78 is 0. The Morgan fingerprint density at radius 1 is 0.558 bits per heavy atom. The molecule has 0 bridgehead atoms. The second kappa shape index (κ2) is 19.9. The van der Waals surface area contributed by atoms with Crippen molar-refractivity contribution in [3.8, 4) is 0 Å². The SMILES string of the molecule is CC(C)c1cccc(C(C)C)c1N=C(/C=C(\[N-]c1c(C(C)C)cccc1C(C)C)C(C)(C)C)C(C)(C)C.[Fe+2].c1ccc([N-]Nc2ccccc2)cc1. The van der Waals surface area contributed by atoms with Crippen LogP contribution in [0.1, 0.15) is 143 Å². The minimum Gasteiger partial charge on any atom is -0.660 e. The zero-order chi connectivity index (χ0) is 37.9. The van der Waals surface area contributed by atoms with Gasteiger partial charge in [0.05, 0.1) is 5.69 Å². The van der Waals surface area contributed by atoms with Gasteiger partial charge in [-0.1, -0.05) is 199 Å². The van der Waals surface area contributed by atoms with Crippen LogP contribution >= 0.6 is 0 Å². The smallest absolute Gasteiger partial charge is 0.660 e. The summed E-state index contributed by atoms with van der Waals surface area (Å²) in [6.45, 7) is 31.7. The molecule has 0 radical (unpaired) electrons. The third-order valence-corrected chi connectivity index (χ3v) is 8.80. The number of hydrogen-bond acceptors (Lipinski definition) is 2. The van der Waals surface area contributed by atoms with E-state index in [0.717, 1.165) is 34.2 Å². The normalized spacial score (nSPS) is 12.4. The second-order valence-electron chi connectivity index (χ2n) is 16.8. The Morgan fingerprint density at radius 3 is 1.38 bits per heavy atom. The van der Waals surface area contributed by atoms with Gasteiger partial charge in [-0.05, 0) is 52.3 Å². The number of anilines is 1. The number of allylic oxidation sites excluding steroid dienone is 2. The van der Waals surface area contributed by atoms with E-state index in [4.69, 9.17) is 10.3 Å². The summed E-state index contributed by atoms with van der Waals surface area (Å²) in [5.74, 6) is 1.61. The first-order chi connectivity index (χ1) is 23.9. The molecule has 0 atom stereocenters. The molecule has 280 valence electrons. The van der Waals surface area contributed by atoms with Crippen molar-refractivity contribution >= 4 is 28.5 Å². The first-order valence-corrected chi connectivity index (χ1v) is 18.8. The van der Waals surface area contributed by atoms with Crippen LogP contribution < -0.4 is 5.43 Å². The van der Waals surface area contributed by atoms with Crippen molar-refractivity contribution in [1.82, 2.24) is 0 Å². The van der Waals surface area contributed by atoms with Crippen molar-refractivity contribution in [2.24, 2.45) is 15.8 Å². The molecule has 0 heterocycles. The summed E-state index contributed by atoms with van der Waals surface area (Å²) in [6, 6.07) is 33.0. The summed E-state index contributed by atoms with van der Waals surface area (Å²) in [6.07, 6.45) is 2.28. The average molecular weight is 741 g/mol. The van der Waals surface area contributed by atoms with Crippen LogP contribution in [-0.4, -0.2) is 5.71 Å². The molecule has 4 aromatic rings. The van der Waals surface area contributed by atoms with Crippen molar-refractivity contribution < 1.29 is 17.1 Å². The summed E-state index contributed by atoms with van der Waals surface area (Å²) in [7, 11) is 0. The van der Waals surface area contributed by atoms with E-state index in [1.165, 1.54) is 22.3 Å². The molecule has 0 saturated heterocycles. The zero-order valence-corrected chi connectivity index (χ0v) is 35.4. The molecule has 0 aliphatic rings. The molecule has 0 aromatic heterocycles. The Kier molecular flexibility index (Phi) is 17.0. The summed E-state index contributed by atoms with van der Waals surface area (Å²) >= 11 is 0. The van der Waals surface area contributed by atoms with Gasteiger partial charge in [-0.25, -0.2) is 0 Å².